The second-order valence-electron chi connectivity index (χ2n) is 3.02. The van der Waals surface area contributed by atoms with Crippen molar-refractivity contribution in [3.63, 3.8) is 0 Å². The Morgan fingerprint density at radius 2 is 1.87 bits per heavy atom. The maximum Gasteiger partial charge on any atom is 0.416 e. The summed E-state index contributed by atoms with van der Waals surface area (Å²) < 4.78 is 36.6. The van der Waals surface area contributed by atoms with Gasteiger partial charge in [-0.2, -0.15) is 13.2 Å². The summed E-state index contributed by atoms with van der Waals surface area (Å²) in [6.45, 7) is 1.66. The molecule has 0 aliphatic carbocycles. The van der Waals surface area contributed by atoms with Crippen LogP contribution in [0.3, 0.4) is 0 Å². The first-order chi connectivity index (χ1) is 6.32. The second kappa shape index (κ2) is 5.05. The van der Waals surface area contributed by atoms with E-state index in [1.807, 2.05) is 0 Å². The molecule has 1 unspecified atom stereocenters. The second-order valence-corrected chi connectivity index (χ2v) is 3.43. The van der Waals surface area contributed by atoms with Gasteiger partial charge in [0.1, 0.15) is 0 Å². The number of nitrogens with two attached hydrogens (primary N) is 1. The van der Waals surface area contributed by atoms with E-state index in [4.69, 9.17) is 17.3 Å². The Morgan fingerprint density at radius 3 is 2.20 bits per heavy atom. The van der Waals surface area contributed by atoms with E-state index in [9.17, 15) is 13.2 Å². The molecule has 1 aromatic carbocycles. The minimum Gasteiger partial charge on any atom is -0.324 e. The van der Waals surface area contributed by atoms with Crippen molar-refractivity contribution in [1.82, 2.24) is 0 Å². The Morgan fingerprint density at radius 1 is 1.33 bits per heavy atom. The molecule has 0 amide bonds. The highest BCUT2D eigenvalue weighted by Gasteiger charge is 2.30. The summed E-state index contributed by atoms with van der Waals surface area (Å²) in [7, 11) is 0. The summed E-state index contributed by atoms with van der Waals surface area (Å²) in [6, 6.07) is 2.80. The van der Waals surface area contributed by atoms with Crippen LogP contribution in [0.2, 0.25) is 5.02 Å². The fourth-order valence-electron chi connectivity index (χ4n) is 1.07. The van der Waals surface area contributed by atoms with Gasteiger partial charge in [0.15, 0.2) is 0 Å². The molecule has 1 atom stereocenters. The van der Waals surface area contributed by atoms with Crippen molar-refractivity contribution >= 4 is 24.0 Å². The third kappa shape index (κ3) is 3.55. The van der Waals surface area contributed by atoms with Crippen LogP contribution in [0.1, 0.15) is 24.1 Å². The molecule has 0 saturated carbocycles. The SMILES string of the molecule is CC(N)c1ccc(C(F)(F)F)cc1Cl.Cl. The fourth-order valence-corrected chi connectivity index (χ4v) is 1.43. The molecule has 0 radical (unpaired) electrons. The van der Waals surface area contributed by atoms with Gasteiger partial charge in [-0.15, -0.1) is 12.4 Å². The van der Waals surface area contributed by atoms with E-state index in [-0.39, 0.29) is 23.5 Å². The monoisotopic (exact) mass is 259 g/mol. The van der Waals surface area contributed by atoms with Crippen LogP contribution in [0.5, 0.6) is 0 Å². The number of halogens is 5. The van der Waals surface area contributed by atoms with E-state index in [0.717, 1.165) is 12.1 Å². The van der Waals surface area contributed by atoms with Crippen molar-refractivity contribution in [3.8, 4) is 0 Å². The molecule has 1 nitrogen and oxygen atoms in total. The zero-order valence-corrected chi connectivity index (χ0v) is 9.38. The largest absolute Gasteiger partial charge is 0.416 e. The standard InChI is InChI=1S/C9H9ClF3N.ClH/c1-5(14)7-3-2-6(4-8(7)10)9(11,12)13;/h2-5H,14H2,1H3;1H. The lowest BCUT2D eigenvalue weighted by atomic mass is 10.1. The van der Waals surface area contributed by atoms with Gasteiger partial charge in [0.25, 0.3) is 0 Å². The quantitative estimate of drug-likeness (QED) is 0.816. The summed E-state index contributed by atoms with van der Waals surface area (Å²) in [6.07, 6.45) is -4.36. The van der Waals surface area contributed by atoms with Crippen LogP contribution < -0.4 is 5.73 Å². The van der Waals surface area contributed by atoms with E-state index >= 15 is 0 Å². The van der Waals surface area contributed by atoms with Gasteiger partial charge in [0, 0.05) is 11.1 Å². The summed E-state index contributed by atoms with van der Waals surface area (Å²) >= 11 is 5.65. The molecule has 0 aliphatic heterocycles. The average molecular weight is 260 g/mol. The zero-order valence-electron chi connectivity index (χ0n) is 7.81. The maximum atomic E-state index is 12.2. The van der Waals surface area contributed by atoms with Crippen LogP contribution >= 0.6 is 24.0 Å². The van der Waals surface area contributed by atoms with Crippen LogP contribution in [-0.4, -0.2) is 0 Å². The van der Waals surface area contributed by atoms with E-state index < -0.39 is 11.7 Å². The van der Waals surface area contributed by atoms with Gasteiger partial charge in [0.2, 0.25) is 0 Å². The topological polar surface area (TPSA) is 26.0 Å². The van der Waals surface area contributed by atoms with E-state index in [0.29, 0.717) is 5.56 Å². The fraction of sp³-hybridized carbons (Fsp3) is 0.333. The highest BCUT2D eigenvalue weighted by atomic mass is 35.5. The van der Waals surface area contributed by atoms with Crippen molar-refractivity contribution in [2.24, 2.45) is 5.73 Å². The molecule has 1 rings (SSSR count). The lowest BCUT2D eigenvalue weighted by molar-refractivity contribution is -0.137. The Labute approximate surface area is 96.8 Å². The minimum absolute atomic E-state index is 0. The van der Waals surface area contributed by atoms with Crippen molar-refractivity contribution in [2.45, 2.75) is 19.1 Å². The van der Waals surface area contributed by atoms with Gasteiger partial charge in [-0.3, -0.25) is 0 Å². The Balaban J connectivity index is 0.00000196. The summed E-state index contributed by atoms with van der Waals surface area (Å²) in [5.41, 5.74) is 5.26. The predicted octanol–water partition coefficient (Wildman–Crippen LogP) is 3.80. The number of benzene rings is 1. The van der Waals surface area contributed by atoms with Gasteiger partial charge >= 0.3 is 6.18 Å². The van der Waals surface area contributed by atoms with Crippen LogP contribution in [0.25, 0.3) is 0 Å². The van der Waals surface area contributed by atoms with Crippen LogP contribution in [0, 0.1) is 0 Å². The Kier molecular flexibility index (Phi) is 4.90. The van der Waals surface area contributed by atoms with Gasteiger partial charge in [-0.05, 0) is 24.6 Å². The average Bonchev–Trinajstić information content (AvgIpc) is 2.01. The van der Waals surface area contributed by atoms with Gasteiger partial charge in [-0.1, -0.05) is 17.7 Å². The minimum atomic E-state index is -4.36. The third-order valence-corrected chi connectivity index (χ3v) is 2.15. The molecular weight excluding hydrogens is 250 g/mol. The molecule has 2 N–H and O–H groups in total. The van der Waals surface area contributed by atoms with Crippen molar-refractivity contribution < 1.29 is 13.2 Å². The summed E-state index contributed by atoms with van der Waals surface area (Å²) in [4.78, 5) is 0. The van der Waals surface area contributed by atoms with Gasteiger partial charge < -0.3 is 5.73 Å². The highest BCUT2D eigenvalue weighted by molar-refractivity contribution is 6.31. The van der Waals surface area contributed by atoms with Crippen molar-refractivity contribution in [2.75, 3.05) is 0 Å². The summed E-state index contributed by atoms with van der Waals surface area (Å²) in [5, 5.41) is 0.0508. The van der Waals surface area contributed by atoms with E-state index in [1.54, 1.807) is 6.92 Å². The first-order valence-corrected chi connectivity index (χ1v) is 4.32. The van der Waals surface area contributed by atoms with Crippen LogP contribution in [0.4, 0.5) is 13.2 Å². The number of alkyl halides is 3. The smallest absolute Gasteiger partial charge is 0.324 e. The molecule has 0 aliphatic rings. The predicted molar refractivity (Wildman–Crippen MR) is 56.3 cm³/mol. The molecule has 6 heteroatoms. The molecule has 0 spiro atoms. The molecule has 0 aromatic heterocycles. The Bertz CT molecular complexity index is 337. The molecule has 0 bridgehead atoms. The van der Waals surface area contributed by atoms with Crippen LogP contribution in [-0.2, 0) is 6.18 Å². The first-order valence-electron chi connectivity index (χ1n) is 3.94. The molecule has 0 saturated heterocycles. The van der Waals surface area contributed by atoms with Crippen LogP contribution in [0.15, 0.2) is 18.2 Å². The lowest BCUT2D eigenvalue weighted by Gasteiger charge is -2.11. The lowest BCUT2D eigenvalue weighted by Crippen LogP contribution is -2.09. The zero-order chi connectivity index (χ0) is 10.9. The Hall–Kier alpha value is -0.450. The maximum absolute atomic E-state index is 12.2. The summed E-state index contributed by atoms with van der Waals surface area (Å²) in [5.74, 6) is 0. The van der Waals surface area contributed by atoms with E-state index in [1.165, 1.54) is 6.07 Å². The molecule has 1 aromatic rings. The molecule has 86 valence electrons. The molecule has 15 heavy (non-hydrogen) atoms. The highest BCUT2D eigenvalue weighted by Crippen LogP contribution is 2.33. The molecular formula is C9H10Cl2F3N. The number of hydrogen-bond acceptors (Lipinski definition) is 1. The third-order valence-electron chi connectivity index (χ3n) is 1.82. The normalized spacial score (nSPS) is 13.2. The van der Waals surface area contributed by atoms with Gasteiger partial charge in [-0.25, -0.2) is 0 Å². The first kappa shape index (κ1) is 14.5. The molecule has 0 heterocycles. The van der Waals surface area contributed by atoms with Gasteiger partial charge in [0.05, 0.1) is 5.56 Å². The van der Waals surface area contributed by atoms with Crippen molar-refractivity contribution in [3.05, 3.63) is 34.3 Å². The van der Waals surface area contributed by atoms with E-state index in [2.05, 4.69) is 0 Å². The number of rotatable bonds is 1. The van der Waals surface area contributed by atoms with Crippen molar-refractivity contribution in [1.29, 1.82) is 0 Å². The number of hydrogen-bond donors (Lipinski definition) is 1. The molecule has 0 fully saturated rings.